The van der Waals surface area contributed by atoms with Gasteiger partial charge < -0.3 is 0 Å². The van der Waals surface area contributed by atoms with E-state index in [1.165, 1.54) is 0 Å². The van der Waals surface area contributed by atoms with Crippen molar-refractivity contribution in [2.24, 2.45) is 0 Å². The minimum atomic E-state index is 0.922. The van der Waals surface area contributed by atoms with Gasteiger partial charge in [-0.15, -0.1) is 0 Å². The Bertz CT molecular complexity index is 2580. The second-order valence-corrected chi connectivity index (χ2v) is 11.4. The fourth-order valence-electron chi connectivity index (χ4n) is 6.28. The van der Waals surface area contributed by atoms with Crippen LogP contribution in [-0.2, 0) is 0 Å². The molecule has 0 aliphatic carbocycles. The highest BCUT2D eigenvalue weighted by Crippen LogP contribution is 2.33. The van der Waals surface area contributed by atoms with E-state index in [0.29, 0.717) is 0 Å². The molecule has 0 spiro atoms. The average Bonchev–Trinajstić information content (AvgIpc) is 3.14. The standard InChI is InChI=1S/C41H25N5/c1-2-29-7-12-35-34(19-23-44-41(35)40(29)43-20-1)26-3-5-27(6-4-26)36-15-10-32-24-30(8-13-38(32)45-36)31-9-14-39-33(25-31)11-16-37(46-39)28-17-21-42-22-18-28/h1-25H. The van der Waals surface area contributed by atoms with Gasteiger partial charge in [-0.05, 0) is 82.9 Å². The molecule has 0 atom stereocenters. The Morgan fingerprint density at radius 2 is 0.957 bits per heavy atom. The van der Waals surface area contributed by atoms with E-state index in [9.17, 15) is 0 Å². The molecule has 46 heavy (non-hydrogen) atoms. The van der Waals surface area contributed by atoms with Crippen LogP contribution in [0.1, 0.15) is 0 Å². The van der Waals surface area contributed by atoms with Gasteiger partial charge in [-0.3, -0.25) is 15.0 Å². The maximum atomic E-state index is 5.02. The summed E-state index contributed by atoms with van der Waals surface area (Å²) in [6.07, 6.45) is 7.28. The van der Waals surface area contributed by atoms with Gasteiger partial charge in [-0.2, -0.15) is 0 Å². The third kappa shape index (κ3) is 4.54. The SMILES string of the molecule is c1cnc2c(c1)ccc1c(-c3ccc(-c4ccc5cc(-c6ccc7nc(-c8ccncc8)ccc7c6)ccc5n4)cc3)ccnc12. The first-order valence-electron chi connectivity index (χ1n) is 15.2. The van der Waals surface area contributed by atoms with E-state index >= 15 is 0 Å². The molecular weight excluding hydrogens is 562 g/mol. The van der Waals surface area contributed by atoms with Gasteiger partial charge in [0.1, 0.15) is 0 Å². The molecular formula is C41H25N5. The largest absolute Gasteiger partial charge is 0.265 e. The van der Waals surface area contributed by atoms with Crippen molar-refractivity contribution < 1.29 is 0 Å². The summed E-state index contributed by atoms with van der Waals surface area (Å²) in [6, 6.07) is 44.3. The van der Waals surface area contributed by atoms with E-state index in [-0.39, 0.29) is 0 Å². The summed E-state index contributed by atoms with van der Waals surface area (Å²) in [5.41, 5.74) is 12.4. The molecule has 5 nitrogen and oxygen atoms in total. The van der Waals surface area contributed by atoms with Gasteiger partial charge in [0.25, 0.3) is 0 Å². The van der Waals surface area contributed by atoms with Gasteiger partial charge >= 0.3 is 0 Å². The van der Waals surface area contributed by atoms with E-state index in [4.69, 9.17) is 9.97 Å². The molecule has 9 aromatic rings. The van der Waals surface area contributed by atoms with Crippen LogP contribution in [0.25, 0.3) is 88.4 Å². The van der Waals surface area contributed by atoms with Crippen molar-refractivity contribution >= 4 is 43.6 Å². The van der Waals surface area contributed by atoms with Crippen LogP contribution in [0.15, 0.2) is 152 Å². The normalized spacial score (nSPS) is 11.5. The van der Waals surface area contributed by atoms with E-state index in [1.807, 2.05) is 30.6 Å². The molecule has 214 valence electrons. The Morgan fingerprint density at radius 3 is 1.65 bits per heavy atom. The van der Waals surface area contributed by atoms with E-state index in [2.05, 4.69) is 124 Å². The van der Waals surface area contributed by atoms with Crippen LogP contribution in [0.5, 0.6) is 0 Å². The lowest BCUT2D eigenvalue weighted by Gasteiger charge is -2.10. The fraction of sp³-hybridized carbons (Fsp3) is 0. The van der Waals surface area contributed by atoms with Gasteiger partial charge in [0.15, 0.2) is 0 Å². The number of benzene rings is 4. The first kappa shape index (κ1) is 26.1. The number of aromatic nitrogens is 5. The summed E-state index contributed by atoms with van der Waals surface area (Å²) in [7, 11) is 0. The predicted molar refractivity (Wildman–Crippen MR) is 187 cm³/mol. The topological polar surface area (TPSA) is 64.5 Å². The molecule has 0 aliphatic heterocycles. The highest BCUT2D eigenvalue weighted by atomic mass is 14.7. The molecule has 0 fully saturated rings. The Balaban J connectivity index is 1.01. The summed E-state index contributed by atoms with van der Waals surface area (Å²) < 4.78 is 0. The van der Waals surface area contributed by atoms with Gasteiger partial charge in [-0.25, -0.2) is 9.97 Å². The van der Waals surface area contributed by atoms with Gasteiger partial charge in [0.05, 0.1) is 33.5 Å². The second kappa shape index (κ2) is 10.7. The van der Waals surface area contributed by atoms with Gasteiger partial charge in [0.2, 0.25) is 0 Å². The Hall–Kier alpha value is -6.33. The maximum absolute atomic E-state index is 5.02. The van der Waals surface area contributed by atoms with Crippen molar-refractivity contribution in [2.75, 3.05) is 0 Å². The van der Waals surface area contributed by atoms with Crippen molar-refractivity contribution in [3.05, 3.63) is 152 Å². The van der Waals surface area contributed by atoms with E-state index in [1.54, 1.807) is 12.4 Å². The number of pyridine rings is 5. The minimum Gasteiger partial charge on any atom is -0.265 e. The van der Waals surface area contributed by atoms with Crippen LogP contribution in [-0.4, -0.2) is 24.9 Å². The lowest BCUT2D eigenvalue weighted by atomic mass is 9.98. The molecule has 5 heterocycles. The molecule has 5 heteroatoms. The van der Waals surface area contributed by atoms with Crippen LogP contribution in [0.4, 0.5) is 0 Å². The molecule has 0 saturated heterocycles. The average molecular weight is 588 g/mol. The quantitative estimate of drug-likeness (QED) is 0.192. The molecule has 0 unspecified atom stereocenters. The van der Waals surface area contributed by atoms with Gasteiger partial charge in [-0.1, -0.05) is 66.7 Å². The van der Waals surface area contributed by atoms with Crippen molar-refractivity contribution in [2.45, 2.75) is 0 Å². The number of hydrogen-bond donors (Lipinski definition) is 0. The Morgan fingerprint density at radius 1 is 0.370 bits per heavy atom. The molecule has 9 rings (SSSR count). The highest BCUT2D eigenvalue weighted by molar-refractivity contribution is 6.08. The molecule has 4 aromatic carbocycles. The summed E-state index contributed by atoms with van der Waals surface area (Å²) in [4.78, 5) is 23.3. The Labute approximate surface area is 264 Å². The zero-order chi connectivity index (χ0) is 30.5. The fourth-order valence-corrected chi connectivity index (χ4v) is 6.28. The highest BCUT2D eigenvalue weighted by Gasteiger charge is 2.10. The Kier molecular flexibility index (Phi) is 6.06. The van der Waals surface area contributed by atoms with Crippen LogP contribution in [0.2, 0.25) is 0 Å². The summed E-state index contributed by atoms with van der Waals surface area (Å²) >= 11 is 0. The van der Waals surface area contributed by atoms with Crippen molar-refractivity contribution in [1.82, 2.24) is 24.9 Å². The van der Waals surface area contributed by atoms with E-state index in [0.717, 1.165) is 88.4 Å². The molecule has 0 saturated carbocycles. The van der Waals surface area contributed by atoms with Crippen molar-refractivity contribution in [3.8, 4) is 44.8 Å². The summed E-state index contributed by atoms with van der Waals surface area (Å²) in [5, 5.41) is 4.40. The molecule has 0 radical (unpaired) electrons. The zero-order valence-corrected chi connectivity index (χ0v) is 24.7. The van der Waals surface area contributed by atoms with Crippen LogP contribution < -0.4 is 0 Å². The maximum Gasteiger partial charge on any atom is 0.0970 e. The molecule has 5 aromatic heterocycles. The molecule has 0 N–H and O–H groups in total. The van der Waals surface area contributed by atoms with E-state index < -0.39 is 0 Å². The van der Waals surface area contributed by atoms with Crippen LogP contribution in [0.3, 0.4) is 0 Å². The summed E-state index contributed by atoms with van der Waals surface area (Å²) in [6.45, 7) is 0. The smallest absolute Gasteiger partial charge is 0.0970 e. The molecule has 0 bridgehead atoms. The monoisotopic (exact) mass is 587 g/mol. The molecule has 0 aliphatic rings. The van der Waals surface area contributed by atoms with Crippen LogP contribution in [0, 0.1) is 0 Å². The second-order valence-electron chi connectivity index (χ2n) is 11.4. The third-order valence-electron chi connectivity index (χ3n) is 8.66. The summed E-state index contributed by atoms with van der Waals surface area (Å²) in [5.74, 6) is 0. The zero-order valence-electron chi connectivity index (χ0n) is 24.7. The number of hydrogen-bond acceptors (Lipinski definition) is 5. The van der Waals surface area contributed by atoms with Crippen molar-refractivity contribution in [3.63, 3.8) is 0 Å². The van der Waals surface area contributed by atoms with Gasteiger partial charge in [0, 0.05) is 57.5 Å². The minimum absolute atomic E-state index is 0.922. The number of nitrogens with zero attached hydrogens (tertiary/aromatic N) is 5. The molecule has 0 amide bonds. The lowest BCUT2D eigenvalue weighted by Crippen LogP contribution is -1.89. The van der Waals surface area contributed by atoms with Crippen molar-refractivity contribution in [1.29, 1.82) is 0 Å². The first-order chi connectivity index (χ1) is 22.8. The number of rotatable bonds is 4. The number of fused-ring (bicyclic) bond motifs is 5. The lowest BCUT2D eigenvalue weighted by molar-refractivity contribution is 1.31. The third-order valence-corrected chi connectivity index (χ3v) is 8.66. The van der Waals surface area contributed by atoms with Crippen LogP contribution >= 0.6 is 0 Å². The first-order valence-corrected chi connectivity index (χ1v) is 15.2. The predicted octanol–water partition coefficient (Wildman–Crippen LogP) is 9.94.